The Morgan fingerprint density at radius 3 is 2.85 bits per heavy atom. The van der Waals surface area contributed by atoms with E-state index < -0.39 is 0 Å². The van der Waals surface area contributed by atoms with Gasteiger partial charge in [-0.05, 0) is 50.9 Å². The first-order valence-corrected chi connectivity index (χ1v) is 9.30. The summed E-state index contributed by atoms with van der Waals surface area (Å²) >= 11 is 0. The largest absolute Gasteiger partial charge is 0.496 e. The molecule has 2 aromatic heterocycles. The number of hydrogen-bond acceptors (Lipinski definition) is 6. The molecule has 27 heavy (non-hydrogen) atoms. The Labute approximate surface area is 158 Å². The molecular formula is C20H25N5O2. The second-order valence-electron chi connectivity index (χ2n) is 7.11. The van der Waals surface area contributed by atoms with E-state index in [1.807, 2.05) is 24.6 Å². The molecule has 1 fully saturated rings. The number of aryl methyl sites for hydroxylation is 2. The SMILES string of the molecule is COc1ccc(CN2CCCC2c2c(C)noc2C)cc1Cn1cncn1. The van der Waals surface area contributed by atoms with Gasteiger partial charge in [0.1, 0.15) is 24.2 Å². The molecule has 0 radical (unpaired) electrons. The average molecular weight is 367 g/mol. The van der Waals surface area contributed by atoms with Crippen LogP contribution in [0.3, 0.4) is 0 Å². The standard InChI is InChI=1S/C20H25N5O2/c1-14-20(15(2)27-23-14)18-5-4-8-24(18)10-16-6-7-19(26-3)17(9-16)11-25-13-21-12-22-25/h6-7,9,12-13,18H,4-5,8,10-11H2,1-3H3. The number of aromatic nitrogens is 4. The minimum Gasteiger partial charge on any atom is -0.496 e. The van der Waals surface area contributed by atoms with E-state index in [-0.39, 0.29) is 0 Å². The lowest BCUT2D eigenvalue weighted by molar-refractivity contribution is 0.245. The maximum absolute atomic E-state index is 5.53. The van der Waals surface area contributed by atoms with Gasteiger partial charge in [0.2, 0.25) is 0 Å². The van der Waals surface area contributed by atoms with Crippen molar-refractivity contribution in [2.75, 3.05) is 13.7 Å². The van der Waals surface area contributed by atoms with E-state index in [9.17, 15) is 0 Å². The Bertz CT molecular complexity index is 884. The van der Waals surface area contributed by atoms with Crippen LogP contribution >= 0.6 is 0 Å². The summed E-state index contributed by atoms with van der Waals surface area (Å²) in [7, 11) is 1.70. The number of nitrogens with zero attached hydrogens (tertiary/aromatic N) is 5. The minimum absolute atomic E-state index is 0.372. The molecule has 1 saturated heterocycles. The molecule has 0 bridgehead atoms. The van der Waals surface area contributed by atoms with Crippen LogP contribution in [0.4, 0.5) is 0 Å². The highest BCUT2D eigenvalue weighted by molar-refractivity contribution is 5.37. The number of methoxy groups -OCH3 is 1. The maximum atomic E-state index is 5.53. The normalized spacial score (nSPS) is 17.5. The van der Waals surface area contributed by atoms with Crippen LogP contribution in [0.15, 0.2) is 35.4 Å². The first kappa shape index (κ1) is 17.7. The third-order valence-corrected chi connectivity index (χ3v) is 5.31. The lowest BCUT2D eigenvalue weighted by Crippen LogP contribution is -2.23. The maximum Gasteiger partial charge on any atom is 0.138 e. The van der Waals surface area contributed by atoms with Gasteiger partial charge in [-0.15, -0.1) is 0 Å². The zero-order valence-corrected chi connectivity index (χ0v) is 16.1. The van der Waals surface area contributed by atoms with Crippen LogP contribution in [-0.2, 0) is 13.1 Å². The Hall–Kier alpha value is -2.67. The summed E-state index contributed by atoms with van der Waals surface area (Å²) in [4.78, 5) is 6.54. The molecule has 0 N–H and O–H groups in total. The van der Waals surface area contributed by atoms with Crippen LogP contribution in [0.1, 0.15) is 47.0 Å². The summed E-state index contributed by atoms with van der Waals surface area (Å²) < 4.78 is 12.8. The predicted octanol–water partition coefficient (Wildman–Crippen LogP) is 3.28. The average Bonchev–Trinajstić information content (AvgIpc) is 3.39. The van der Waals surface area contributed by atoms with Gasteiger partial charge in [0.25, 0.3) is 0 Å². The highest BCUT2D eigenvalue weighted by Gasteiger charge is 2.30. The first-order chi connectivity index (χ1) is 13.2. The highest BCUT2D eigenvalue weighted by Crippen LogP contribution is 2.36. The summed E-state index contributed by atoms with van der Waals surface area (Å²) in [6.07, 6.45) is 5.61. The van der Waals surface area contributed by atoms with Crippen LogP contribution in [0.2, 0.25) is 0 Å². The van der Waals surface area contributed by atoms with E-state index in [0.717, 1.165) is 42.3 Å². The molecule has 3 aromatic rings. The van der Waals surface area contributed by atoms with Gasteiger partial charge in [-0.2, -0.15) is 5.10 Å². The molecule has 7 nitrogen and oxygen atoms in total. The molecule has 1 aliphatic heterocycles. The molecule has 0 aliphatic carbocycles. The van der Waals surface area contributed by atoms with Crippen molar-refractivity contribution in [3.8, 4) is 5.75 Å². The molecule has 3 heterocycles. The van der Waals surface area contributed by atoms with Crippen molar-refractivity contribution < 1.29 is 9.26 Å². The molecule has 1 aliphatic rings. The van der Waals surface area contributed by atoms with Crippen molar-refractivity contribution in [3.63, 3.8) is 0 Å². The summed E-state index contributed by atoms with van der Waals surface area (Å²) in [5.41, 5.74) is 4.63. The van der Waals surface area contributed by atoms with Crippen molar-refractivity contribution in [2.45, 2.75) is 45.8 Å². The van der Waals surface area contributed by atoms with Gasteiger partial charge in [0, 0.05) is 23.7 Å². The van der Waals surface area contributed by atoms with E-state index in [1.54, 1.807) is 19.8 Å². The first-order valence-electron chi connectivity index (χ1n) is 9.30. The van der Waals surface area contributed by atoms with Crippen molar-refractivity contribution in [1.82, 2.24) is 24.8 Å². The Kier molecular flexibility index (Phi) is 4.94. The van der Waals surface area contributed by atoms with Gasteiger partial charge >= 0.3 is 0 Å². The van der Waals surface area contributed by atoms with Gasteiger partial charge in [0.05, 0.1) is 19.3 Å². The van der Waals surface area contributed by atoms with Gasteiger partial charge in [0.15, 0.2) is 0 Å². The number of likely N-dealkylation sites (tertiary alicyclic amines) is 1. The second-order valence-corrected chi connectivity index (χ2v) is 7.11. The summed E-state index contributed by atoms with van der Waals surface area (Å²) in [5, 5.41) is 8.35. The Balaban J connectivity index is 1.56. The third-order valence-electron chi connectivity index (χ3n) is 5.31. The predicted molar refractivity (Wildman–Crippen MR) is 100 cm³/mol. The molecule has 142 valence electrons. The van der Waals surface area contributed by atoms with Gasteiger partial charge in [-0.1, -0.05) is 11.2 Å². The van der Waals surface area contributed by atoms with Gasteiger partial charge in [-0.25, -0.2) is 9.67 Å². The molecule has 0 saturated carbocycles. The van der Waals surface area contributed by atoms with Crippen LogP contribution in [-0.4, -0.2) is 38.5 Å². The molecule has 1 atom stereocenters. The van der Waals surface area contributed by atoms with Crippen LogP contribution in [0, 0.1) is 13.8 Å². The minimum atomic E-state index is 0.372. The second kappa shape index (κ2) is 7.52. The molecule has 1 aromatic carbocycles. The summed E-state index contributed by atoms with van der Waals surface area (Å²) in [6, 6.07) is 6.77. The van der Waals surface area contributed by atoms with E-state index in [4.69, 9.17) is 9.26 Å². The zero-order valence-electron chi connectivity index (χ0n) is 16.1. The lowest BCUT2D eigenvalue weighted by atomic mass is 10.0. The molecule has 7 heteroatoms. The highest BCUT2D eigenvalue weighted by atomic mass is 16.5. The van der Waals surface area contributed by atoms with Crippen molar-refractivity contribution in [2.24, 2.45) is 0 Å². The van der Waals surface area contributed by atoms with Crippen LogP contribution in [0.25, 0.3) is 0 Å². The van der Waals surface area contributed by atoms with E-state index >= 15 is 0 Å². The van der Waals surface area contributed by atoms with E-state index in [2.05, 4.69) is 32.3 Å². The molecule has 4 rings (SSSR count). The lowest BCUT2D eigenvalue weighted by Gasteiger charge is -2.25. The fourth-order valence-corrected chi connectivity index (χ4v) is 4.09. The summed E-state index contributed by atoms with van der Waals surface area (Å²) in [5.74, 6) is 1.81. The van der Waals surface area contributed by atoms with Crippen molar-refractivity contribution in [1.29, 1.82) is 0 Å². The topological polar surface area (TPSA) is 69.2 Å². The van der Waals surface area contributed by atoms with Crippen LogP contribution < -0.4 is 4.74 Å². The number of ether oxygens (including phenoxy) is 1. The number of rotatable bonds is 6. The molecule has 0 amide bonds. The molecule has 0 spiro atoms. The Morgan fingerprint density at radius 2 is 2.15 bits per heavy atom. The van der Waals surface area contributed by atoms with Gasteiger partial charge in [-0.3, -0.25) is 4.90 Å². The quantitative estimate of drug-likeness (QED) is 0.666. The van der Waals surface area contributed by atoms with Gasteiger partial charge < -0.3 is 9.26 Å². The van der Waals surface area contributed by atoms with Crippen molar-refractivity contribution >= 4 is 0 Å². The fraction of sp³-hybridized carbons (Fsp3) is 0.450. The van der Waals surface area contributed by atoms with E-state index in [1.165, 1.54) is 17.5 Å². The zero-order chi connectivity index (χ0) is 18.8. The monoisotopic (exact) mass is 367 g/mol. The molecular weight excluding hydrogens is 342 g/mol. The number of hydrogen-bond donors (Lipinski definition) is 0. The van der Waals surface area contributed by atoms with E-state index in [0.29, 0.717) is 12.6 Å². The fourth-order valence-electron chi connectivity index (χ4n) is 4.09. The molecule has 1 unspecified atom stereocenters. The third kappa shape index (κ3) is 3.60. The van der Waals surface area contributed by atoms with Crippen molar-refractivity contribution in [3.05, 3.63) is 59.0 Å². The Morgan fingerprint density at radius 1 is 1.26 bits per heavy atom. The summed E-state index contributed by atoms with van der Waals surface area (Å²) in [6.45, 7) is 6.66. The number of benzene rings is 1. The van der Waals surface area contributed by atoms with Crippen LogP contribution in [0.5, 0.6) is 5.75 Å². The smallest absolute Gasteiger partial charge is 0.138 e.